The van der Waals surface area contributed by atoms with E-state index >= 15 is 0 Å². The van der Waals surface area contributed by atoms with Gasteiger partial charge < -0.3 is 5.32 Å². The molecule has 110 valence electrons. The molecule has 20 heavy (non-hydrogen) atoms. The Kier molecular flexibility index (Phi) is 4.37. The van der Waals surface area contributed by atoms with E-state index in [9.17, 15) is 4.39 Å². The van der Waals surface area contributed by atoms with Crippen molar-refractivity contribution in [3.05, 3.63) is 35.6 Å². The third-order valence-electron chi connectivity index (χ3n) is 5.16. The van der Waals surface area contributed by atoms with Gasteiger partial charge in [-0.05, 0) is 48.9 Å². The van der Waals surface area contributed by atoms with Crippen LogP contribution in [0.25, 0.3) is 0 Å². The molecule has 3 fully saturated rings. The Bertz CT molecular complexity index is 431. The van der Waals surface area contributed by atoms with E-state index in [-0.39, 0.29) is 5.82 Å². The van der Waals surface area contributed by atoms with E-state index in [1.807, 2.05) is 12.1 Å². The number of hydrogen-bond acceptors (Lipinski definition) is 2. The Morgan fingerprint density at radius 1 is 1.30 bits per heavy atom. The van der Waals surface area contributed by atoms with Gasteiger partial charge in [0.05, 0.1) is 0 Å². The molecule has 0 saturated carbocycles. The molecule has 0 aliphatic carbocycles. The Morgan fingerprint density at radius 2 is 2.10 bits per heavy atom. The first-order valence-corrected chi connectivity index (χ1v) is 7.95. The van der Waals surface area contributed by atoms with Crippen LogP contribution in [0.2, 0.25) is 0 Å². The SMILES string of the molecule is CC[C@H]1CN2CC[C@H]1C[C@@H]2CNCc1ccc(F)cc1. The van der Waals surface area contributed by atoms with Crippen molar-refractivity contribution >= 4 is 0 Å². The molecular weight excluding hydrogens is 251 g/mol. The fourth-order valence-electron chi connectivity index (χ4n) is 3.91. The van der Waals surface area contributed by atoms with E-state index in [2.05, 4.69) is 17.1 Å². The average Bonchev–Trinajstić information content (AvgIpc) is 2.50. The smallest absolute Gasteiger partial charge is 0.123 e. The van der Waals surface area contributed by atoms with E-state index in [0.717, 1.165) is 30.5 Å². The van der Waals surface area contributed by atoms with Crippen molar-refractivity contribution in [2.75, 3.05) is 19.6 Å². The van der Waals surface area contributed by atoms with Gasteiger partial charge in [0, 0.05) is 25.7 Å². The van der Waals surface area contributed by atoms with Crippen molar-refractivity contribution in [2.24, 2.45) is 11.8 Å². The molecular formula is C17H25FN2. The number of hydrogen-bond donors (Lipinski definition) is 1. The molecule has 0 amide bonds. The lowest BCUT2D eigenvalue weighted by Crippen LogP contribution is -2.56. The highest BCUT2D eigenvalue weighted by Crippen LogP contribution is 2.37. The number of piperidine rings is 3. The summed E-state index contributed by atoms with van der Waals surface area (Å²) in [6, 6.07) is 7.51. The first kappa shape index (κ1) is 14.0. The van der Waals surface area contributed by atoms with Crippen molar-refractivity contribution in [3.63, 3.8) is 0 Å². The van der Waals surface area contributed by atoms with Crippen LogP contribution < -0.4 is 5.32 Å². The maximum Gasteiger partial charge on any atom is 0.123 e. The molecule has 0 spiro atoms. The second-order valence-electron chi connectivity index (χ2n) is 6.36. The normalized spacial score (nSPS) is 32.5. The molecule has 1 aromatic carbocycles. The van der Waals surface area contributed by atoms with E-state index in [4.69, 9.17) is 0 Å². The molecule has 1 unspecified atom stereocenters. The zero-order valence-electron chi connectivity index (χ0n) is 12.3. The molecule has 4 rings (SSSR count). The van der Waals surface area contributed by atoms with Crippen LogP contribution in [0, 0.1) is 17.7 Å². The van der Waals surface area contributed by atoms with Crippen LogP contribution >= 0.6 is 0 Å². The molecule has 4 atom stereocenters. The number of nitrogens with zero attached hydrogens (tertiary/aromatic N) is 1. The molecule has 2 nitrogen and oxygen atoms in total. The highest BCUT2D eigenvalue weighted by molar-refractivity contribution is 5.15. The number of rotatable bonds is 5. The molecule has 1 N–H and O–H groups in total. The third-order valence-corrected chi connectivity index (χ3v) is 5.16. The summed E-state index contributed by atoms with van der Waals surface area (Å²) in [6.45, 7) is 6.80. The summed E-state index contributed by atoms with van der Waals surface area (Å²) in [7, 11) is 0. The third kappa shape index (κ3) is 3.04. The minimum atomic E-state index is -0.157. The van der Waals surface area contributed by atoms with Gasteiger partial charge >= 0.3 is 0 Å². The highest BCUT2D eigenvalue weighted by Gasteiger charge is 2.38. The summed E-state index contributed by atoms with van der Waals surface area (Å²) in [5.41, 5.74) is 1.16. The van der Waals surface area contributed by atoms with Gasteiger partial charge in [-0.15, -0.1) is 0 Å². The summed E-state index contributed by atoms with van der Waals surface area (Å²) < 4.78 is 12.8. The Morgan fingerprint density at radius 3 is 2.75 bits per heavy atom. The molecule has 3 aliphatic rings. The van der Waals surface area contributed by atoms with Crippen LogP contribution in [-0.4, -0.2) is 30.6 Å². The predicted molar refractivity (Wildman–Crippen MR) is 80.0 cm³/mol. The van der Waals surface area contributed by atoms with Gasteiger partial charge in [-0.3, -0.25) is 4.90 Å². The van der Waals surface area contributed by atoms with Gasteiger partial charge in [0.2, 0.25) is 0 Å². The Labute approximate surface area is 121 Å². The van der Waals surface area contributed by atoms with Crippen LogP contribution in [0.4, 0.5) is 4.39 Å². The average molecular weight is 276 g/mol. The maximum absolute atomic E-state index is 12.8. The van der Waals surface area contributed by atoms with Gasteiger partial charge in [0.15, 0.2) is 0 Å². The Hall–Kier alpha value is -0.930. The number of fused-ring (bicyclic) bond motifs is 3. The molecule has 0 aromatic heterocycles. The van der Waals surface area contributed by atoms with Crippen LogP contribution in [-0.2, 0) is 6.54 Å². The molecule has 3 heteroatoms. The van der Waals surface area contributed by atoms with Gasteiger partial charge in [0.25, 0.3) is 0 Å². The van der Waals surface area contributed by atoms with Crippen molar-refractivity contribution in [3.8, 4) is 0 Å². The van der Waals surface area contributed by atoms with Crippen LogP contribution in [0.1, 0.15) is 31.7 Å². The van der Waals surface area contributed by atoms with Crippen molar-refractivity contribution in [2.45, 2.75) is 38.8 Å². The van der Waals surface area contributed by atoms with Crippen LogP contribution in [0.15, 0.2) is 24.3 Å². The van der Waals surface area contributed by atoms with Gasteiger partial charge in [-0.2, -0.15) is 0 Å². The summed E-state index contributed by atoms with van der Waals surface area (Å²) in [6.07, 6.45) is 4.08. The largest absolute Gasteiger partial charge is 0.311 e. The first-order valence-electron chi connectivity index (χ1n) is 7.95. The quantitative estimate of drug-likeness (QED) is 0.889. The van der Waals surface area contributed by atoms with E-state index in [1.165, 1.54) is 44.5 Å². The van der Waals surface area contributed by atoms with Crippen LogP contribution in [0.5, 0.6) is 0 Å². The molecule has 0 radical (unpaired) electrons. The molecule has 1 aromatic rings. The maximum atomic E-state index is 12.8. The highest BCUT2D eigenvalue weighted by atomic mass is 19.1. The van der Waals surface area contributed by atoms with Gasteiger partial charge in [-0.25, -0.2) is 4.39 Å². The van der Waals surface area contributed by atoms with E-state index in [1.54, 1.807) is 0 Å². The minimum Gasteiger partial charge on any atom is -0.311 e. The van der Waals surface area contributed by atoms with Crippen molar-refractivity contribution in [1.82, 2.24) is 10.2 Å². The van der Waals surface area contributed by atoms with Crippen molar-refractivity contribution < 1.29 is 4.39 Å². The molecule has 3 aliphatic heterocycles. The van der Waals surface area contributed by atoms with Crippen molar-refractivity contribution in [1.29, 1.82) is 0 Å². The predicted octanol–water partition coefficient (Wildman–Crippen LogP) is 3.04. The zero-order chi connectivity index (χ0) is 13.9. The minimum absolute atomic E-state index is 0.157. The zero-order valence-corrected chi connectivity index (χ0v) is 12.3. The summed E-state index contributed by atoms with van der Waals surface area (Å²) in [5.74, 6) is 1.72. The first-order chi connectivity index (χ1) is 9.76. The lowest BCUT2D eigenvalue weighted by molar-refractivity contribution is 0.000333. The summed E-state index contributed by atoms with van der Waals surface area (Å²) >= 11 is 0. The lowest BCUT2D eigenvalue weighted by Gasteiger charge is -2.50. The fraction of sp³-hybridized carbons (Fsp3) is 0.647. The number of benzene rings is 1. The molecule has 3 saturated heterocycles. The van der Waals surface area contributed by atoms with E-state index < -0.39 is 0 Å². The fourth-order valence-corrected chi connectivity index (χ4v) is 3.91. The second kappa shape index (κ2) is 6.23. The second-order valence-corrected chi connectivity index (χ2v) is 6.36. The molecule has 3 heterocycles. The summed E-state index contributed by atoms with van der Waals surface area (Å²) in [4.78, 5) is 2.67. The molecule has 2 bridgehead atoms. The van der Waals surface area contributed by atoms with Crippen LogP contribution in [0.3, 0.4) is 0 Å². The Balaban J connectivity index is 1.47. The standard InChI is InChI=1S/C17H25FN2/c1-2-14-12-20-8-7-15(14)9-17(20)11-19-10-13-3-5-16(18)6-4-13/h3-6,14-15,17,19H,2,7-12H2,1H3/t14-,15-,17+/m0/s1. The van der Waals surface area contributed by atoms with Gasteiger partial charge in [0.1, 0.15) is 5.82 Å². The monoisotopic (exact) mass is 276 g/mol. The number of nitrogens with one attached hydrogen (secondary N) is 1. The number of halogens is 1. The van der Waals surface area contributed by atoms with Gasteiger partial charge in [-0.1, -0.05) is 25.5 Å². The van der Waals surface area contributed by atoms with E-state index in [0.29, 0.717) is 6.04 Å². The summed E-state index contributed by atoms with van der Waals surface area (Å²) in [5, 5.41) is 3.54. The topological polar surface area (TPSA) is 15.3 Å². The lowest BCUT2D eigenvalue weighted by atomic mass is 9.74.